The van der Waals surface area contributed by atoms with Crippen LogP contribution < -0.4 is 19.6 Å². The first-order valence-electron chi connectivity index (χ1n) is 12.6. The van der Waals surface area contributed by atoms with Crippen LogP contribution in [0.25, 0.3) is 0 Å². The van der Waals surface area contributed by atoms with Crippen LogP contribution in [0.5, 0.6) is 11.5 Å². The van der Waals surface area contributed by atoms with Gasteiger partial charge in [-0.15, -0.1) is 0 Å². The highest BCUT2D eigenvalue weighted by molar-refractivity contribution is 7.89. The number of aryl methyl sites for hydroxylation is 1. The maximum Gasteiger partial charge on any atom is 0.258 e. The minimum Gasteiger partial charge on any atom is -0.493 e. The number of carbonyl (C=O) groups excluding carboxylic acids is 1. The molecule has 0 radical (unpaired) electrons. The van der Waals surface area contributed by atoms with E-state index < -0.39 is 22.0 Å². The molecule has 1 atom stereocenters. The van der Waals surface area contributed by atoms with Crippen LogP contribution in [0.1, 0.15) is 22.3 Å². The van der Waals surface area contributed by atoms with Crippen LogP contribution in [0.4, 0.5) is 0 Å². The molecular weight excluding hydrogens is 526 g/mol. The average molecular weight is 558 g/mol. The Bertz CT molecular complexity index is 1540. The van der Waals surface area contributed by atoms with Gasteiger partial charge in [0.1, 0.15) is 12.6 Å². The largest absolute Gasteiger partial charge is 0.493 e. The Morgan fingerprint density at radius 3 is 2.17 bits per heavy atom. The summed E-state index contributed by atoms with van der Waals surface area (Å²) in [6.07, 6.45) is 1.60. The number of nitrogens with zero attached hydrogens (tertiary/aromatic N) is 1. The maximum absolute atomic E-state index is 13.1. The fourth-order valence-electron chi connectivity index (χ4n) is 3.88. The number of hydrogen-bond acceptors (Lipinski definition) is 6. The van der Waals surface area contributed by atoms with Gasteiger partial charge in [0.2, 0.25) is 10.0 Å². The highest BCUT2D eigenvalue weighted by Crippen LogP contribution is 2.28. The average Bonchev–Trinajstić information content (AvgIpc) is 2.97. The standard InChI is InChI=1S/C31H31N3O5S/c1-23-13-16-27(17-14-23)40(36,37)34-28(19-24-9-5-3-6-10-24)31(35)33-32-21-26-15-18-29(30(20-26)38-2)39-22-25-11-7-4-8-12-25/h3-18,20-21,28,34H,19,22H2,1-2H3,(H,33,35)/b32-21+. The zero-order valence-corrected chi connectivity index (χ0v) is 23.1. The smallest absolute Gasteiger partial charge is 0.258 e. The van der Waals surface area contributed by atoms with Crippen LogP contribution in [-0.2, 0) is 27.8 Å². The summed E-state index contributed by atoms with van der Waals surface area (Å²) < 4.78 is 39.9. The lowest BCUT2D eigenvalue weighted by Crippen LogP contribution is -2.46. The Balaban J connectivity index is 1.45. The monoisotopic (exact) mass is 557 g/mol. The molecule has 4 aromatic rings. The van der Waals surface area contributed by atoms with E-state index in [9.17, 15) is 13.2 Å². The Morgan fingerprint density at radius 1 is 0.875 bits per heavy atom. The first kappa shape index (κ1) is 28.5. The predicted molar refractivity (Wildman–Crippen MR) is 155 cm³/mol. The van der Waals surface area contributed by atoms with Crippen molar-refractivity contribution in [1.82, 2.24) is 10.1 Å². The third-order valence-electron chi connectivity index (χ3n) is 6.04. The Hall–Kier alpha value is -4.47. The molecule has 0 heterocycles. The number of hydrazone groups is 1. The third kappa shape index (κ3) is 8.02. The lowest BCUT2D eigenvalue weighted by atomic mass is 10.1. The summed E-state index contributed by atoms with van der Waals surface area (Å²) >= 11 is 0. The zero-order valence-electron chi connectivity index (χ0n) is 22.3. The van der Waals surface area contributed by atoms with Crippen molar-refractivity contribution in [3.63, 3.8) is 0 Å². The summed E-state index contributed by atoms with van der Waals surface area (Å²) in [6, 6.07) is 29.6. The molecule has 1 unspecified atom stereocenters. The van der Waals surface area contributed by atoms with Gasteiger partial charge in [-0.2, -0.15) is 9.82 Å². The van der Waals surface area contributed by atoms with Crippen LogP contribution in [-0.4, -0.2) is 33.7 Å². The number of carbonyl (C=O) groups is 1. The van der Waals surface area contributed by atoms with Crippen LogP contribution >= 0.6 is 0 Å². The lowest BCUT2D eigenvalue weighted by Gasteiger charge is -2.17. The summed E-state index contributed by atoms with van der Waals surface area (Å²) in [5.74, 6) is 0.491. The normalized spacial score (nSPS) is 12.2. The fourth-order valence-corrected chi connectivity index (χ4v) is 5.07. The Kier molecular flexibility index (Phi) is 9.66. The van der Waals surface area contributed by atoms with Crippen molar-refractivity contribution in [2.75, 3.05) is 7.11 Å². The molecule has 206 valence electrons. The van der Waals surface area contributed by atoms with Crippen molar-refractivity contribution in [1.29, 1.82) is 0 Å². The molecule has 0 saturated carbocycles. The van der Waals surface area contributed by atoms with Gasteiger partial charge >= 0.3 is 0 Å². The van der Waals surface area contributed by atoms with Crippen molar-refractivity contribution < 1.29 is 22.7 Å². The number of rotatable bonds is 12. The SMILES string of the molecule is COc1cc(/C=N/NC(=O)C(Cc2ccccc2)NS(=O)(=O)c2ccc(C)cc2)ccc1OCc1ccccc1. The zero-order chi connectivity index (χ0) is 28.4. The van der Waals surface area contributed by atoms with Gasteiger partial charge in [0.25, 0.3) is 5.91 Å². The molecule has 4 rings (SSSR count). The summed E-state index contributed by atoms with van der Waals surface area (Å²) in [5.41, 5.74) is 5.88. The second kappa shape index (κ2) is 13.5. The highest BCUT2D eigenvalue weighted by Gasteiger charge is 2.26. The van der Waals surface area contributed by atoms with Gasteiger partial charge in [-0.25, -0.2) is 13.8 Å². The van der Waals surface area contributed by atoms with E-state index in [0.29, 0.717) is 23.7 Å². The van der Waals surface area contributed by atoms with Gasteiger partial charge in [0.15, 0.2) is 11.5 Å². The number of nitrogens with one attached hydrogen (secondary N) is 2. The summed E-state index contributed by atoms with van der Waals surface area (Å²) in [7, 11) is -2.41. The van der Waals surface area contributed by atoms with E-state index in [1.165, 1.54) is 18.3 Å². The number of ether oxygens (including phenoxy) is 2. The van der Waals surface area contributed by atoms with Crippen LogP contribution in [0.2, 0.25) is 0 Å². The molecule has 0 fully saturated rings. The molecule has 0 aliphatic carbocycles. The quantitative estimate of drug-likeness (QED) is 0.195. The highest BCUT2D eigenvalue weighted by atomic mass is 32.2. The van der Waals surface area contributed by atoms with Gasteiger partial charge in [0.05, 0.1) is 18.2 Å². The van der Waals surface area contributed by atoms with Crippen molar-refractivity contribution in [3.8, 4) is 11.5 Å². The van der Waals surface area contributed by atoms with Crippen LogP contribution in [0.3, 0.4) is 0 Å². The number of amides is 1. The van der Waals surface area contributed by atoms with E-state index in [2.05, 4.69) is 15.2 Å². The third-order valence-corrected chi connectivity index (χ3v) is 7.53. The Labute approximate surface area is 234 Å². The minimum atomic E-state index is -3.95. The van der Waals surface area contributed by atoms with E-state index in [1.807, 2.05) is 67.6 Å². The van der Waals surface area contributed by atoms with E-state index in [4.69, 9.17) is 9.47 Å². The summed E-state index contributed by atoms with van der Waals surface area (Å²) in [6.45, 7) is 2.26. The molecule has 40 heavy (non-hydrogen) atoms. The number of benzene rings is 4. The molecule has 8 nitrogen and oxygen atoms in total. The molecule has 0 aliphatic rings. The van der Waals surface area contributed by atoms with Gasteiger partial charge in [-0.05, 0) is 60.4 Å². The predicted octanol–water partition coefficient (Wildman–Crippen LogP) is 4.62. The van der Waals surface area contributed by atoms with Crippen LogP contribution in [0, 0.1) is 6.92 Å². The molecule has 9 heteroatoms. The molecule has 0 saturated heterocycles. The molecule has 2 N–H and O–H groups in total. The molecule has 1 amide bonds. The maximum atomic E-state index is 13.1. The van der Waals surface area contributed by atoms with E-state index in [1.54, 1.807) is 37.4 Å². The van der Waals surface area contributed by atoms with Crippen LogP contribution in [0.15, 0.2) is 113 Å². The number of sulfonamides is 1. The van der Waals surface area contributed by atoms with Crippen molar-refractivity contribution in [2.24, 2.45) is 5.10 Å². The number of methoxy groups -OCH3 is 1. The summed E-state index contributed by atoms with van der Waals surface area (Å²) in [5, 5.41) is 4.06. The minimum absolute atomic E-state index is 0.0779. The second-order valence-corrected chi connectivity index (χ2v) is 10.8. The van der Waals surface area contributed by atoms with Crippen molar-refractivity contribution >= 4 is 22.1 Å². The van der Waals surface area contributed by atoms with Crippen molar-refractivity contribution in [3.05, 3.63) is 125 Å². The molecular formula is C31H31N3O5S. The topological polar surface area (TPSA) is 106 Å². The summed E-state index contributed by atoms with van der Waals surface area (Å²) in [4.78, 5) is 13.2. The van der Waals surface area contributed by atoms with E-state index in [-0.39, 0.29) is 11.3 Å². The van der Waals surface area contributed by atoms with Gasteiger partial charge in [0, 0.05) is 0 Å². The Morgan fingerprint density at radius 2 is 1.52 bits per heavy atom. The first-order valence-corrected chi connectivity index (χ1v) is 14.1. The van der Waals surface area contributed by atoms with Gasteiger partial charge in [-0.1, -0.05) is 78.4 Å². The molecule has 0 aromatic heterocycles. The van der Waals surface area contributed by atoms with Gasteiger partial charge < -0.3 is 9.47 Å². The first-order chi connectivity index (χ1) is 19.3. The molecule has 4 aromatic carbocycles. The number of hydrogen-bond donors (Lipinski definition) is 2. The second-order valence-electron chi connectivity index (χ2n) is 9.10. The van der Waals surface area contributed by atoms with E-state index in [0.717, 1.165) is 16.7 Å². The lowest BCUT2D eigenvalue weighted by molar-refractivity contribution is -0.122. The fraction of sp³-hybridized carbons (Fsp3) is 0.161. The molecule has 0 spiro atoms. The van der Waals surface area contributed by atoms with Gasteiger partial charge in [-0.3, -0.25) is 4.79 Å². The molecule has 0 aliphatic heterocycles. The van der Waals surface area contributed by atoms with E-state index >= 15 is 0 Å². The molecule has 0 bridgehead atoms. The van der Waals surface area contributed by atoms with Crippen molar-refractivity contribution in [2.45, 2.75) is 30.9 Å².